The van der Waals surface area contributed by atoms with E-state index in [-0.39, 0.29) is 11.9 Å². The van der Waals surface area contributed by atoms with Crippen LogP contribution in [-0.4, -0.2) is 36.6 Å². The fraction of sp³-hybridized carbons (Fsp3) is 0.458. The lowest BCUT2D eigenvalue weighted by Gasteiger charge is -2.57. The van der Waals surface area contributed by atoms with E-state index in [0.717, 1.165) is 31.2 Å². The van der Waals surface area contributed by atoms with E-state index in [1.807, 2.05) is 18.2 Å². The van der Waals surface area contributed by atoms with E-state index in [4.69, 9.17) is 16.6 Å². The summed E-state index contributed by atoms with van der Waals surface area (Å²) in [6.45, 7) is 3.21. The second-order valence-corrected chi connectivity index (χ2v) is 14.1. The number of sulfone groups is 1. The Bertz CT molecular complexity index is 1350. The highest BCUT2D eigenvalue weighted by Crippen LogP contribution is 2.62. The van der Waals surface area contributed by atoms with E-state index >= 15 is 0 Å². The molecule has 0 bridgehead atoms. The van der Waals surface area contributed by atoms with Gasteiger partial charge in [0.05, 0.1) is 20.9 Å². The molecule has 1 spiro atoms. The van der Waals surface area contributed by atoms with Gasteiger partial charge in [-0.3, -0.25) is 9.78 Å². The number of rotatable bonds is 5. The molecular weight excluding hydrogens is 478 g/mol. The molecule has 0 saturated heterocycles. The number of nitrogens with zero attached hydrogens (tertiary/aromatic N) is 2. The minimum absolute atomic E-state index is 0.146. The number of benzene rings is 1. The molecule has 2 heterocycles. The lowest BCUT2D eigenvalue weighted by atomic mass is 9.50. The first-order valence-corrected chi connectivity index (χ1v) is 14.1. The quantitative estimate of drug-likeness (QED) is 0.524. The minimum atomic E-state index is -3.37. The molecule has 0 aliphatic heterocycles. The Morgan fingerprint density at radius 1 is 1.18 bits per heavy atom. The molecule has 3 aromatic rings. The molecule has 2 saturated carbocycles. The maximum absolute atomic E-state index is 12.8. The van der Waals surface area contributed by atoms with Crippen LogP contribution in [0.2, 0.25) is 5.02 Å². The van der Waals surface area contributed by atoms with Gasteiger partial charge in [0.15, 0.2) is 9.84 Å². The smallest absolute Gasteiger partial charge is 0.251 e. The molecular formula is C24H26ClN3O3S2. The summed E-state index contributed by atoms with van der Waals surface area (Å²) in [5.74, 6) is 0.306. The third-order valence-electron chi connectivity index (χ3n) is 7.33. The van der Waals surface area contributed by atoms with E-state index in [1.165, 1.54) is 22.2 Å². The SMILES string of the molecule is CC(C)(c1cc(C(=O)NC2CC3(C2)CC(c2nc4cc(Cl)ccc4s2)C3)ccn1)S(C)(=O)=O. The molecule has 2 fully saturated rings. The molecule has 0 atom stereocenters. The second kappa shape index (κ2) is 7.75. The summed E-state index contributed by atoms with van der Waals surface area (Å²) < 4.78 is 24.3. The average molecular weight is 504 g/mol. The van der Waals surface area contributed by atoms with Gasteiger partial charge in [0.25, 0.3) is 5.91 Å². The minimum Gasteiger partial charge on any atom is -0.349 e. The summed E-state index contributed by atoms with van der Waals surface area (Å²) in [6.07, 6.45) is 6.84. The van der Waals surface area contributed by atoms with Gasteiger partial charge in [0.1, 0.15) is 4.75 Å². The number of thiazole rings is 1. The predicted molar refractivity (Wildman–Crippen MR) is 132 cm³/mol. The van der Waals surface area contributed by atoms with E-state index in [1.54, 1.807) is 37.3 Å². The van der Waals surface area contributed by atoms with Crippen LogP contribution in [0.25, 0.3) is 10.2 Å². The van der Waals surface area contributed by atoms with Crippen LogP contribution in [0.1, 0.15) is 66.5 Å². The number of fused-ring (bicyclic) bond motifs is 1. The molecule has 1 amide bonds. The molecule has 6 nitrogen and oxygen atoms in total. The van der Waals surface area contributed by atoms with Gasteiger partial charge in [-0.1, -0.05) is 11.6 Å². The fourth-order valence-corrected chi connectivity index (χ4v) is 6.74. The zero-order valence-corrected chi connectivity index (χ0v) is 21.1. The number of hydrogen-bond donors (Lipinski definition) is 1. The van der Waals surface area contributed by atoms with Gasteiger partial charge < -0.3 is 5.32 Å². The summed E-state index contributed by atoms with van der Waals surface area (Å²) in [7, 11) is -3.37. The monoisotopic (exact) mass is 503 g/mol. The largest absolute Gasteiger partial charge is 0.349 e. The number of carbonyl (C=O) groups excluding carboxylic acids is 1. The summed E-state index contributed by atoms with van der Waals surface area (Å²) in [4.78, 5) is 21.8. The molecule has 2 aliphatic carbocycles. The van der Waals surface area contributed by atoms with E-state index in [0.29, 0.717) is 27.6 Å². The van der Waals surface area contributed by atoms with Crippen molar-refractivity contribution in [2.75, 3.05) is 6.26 Å². The van der Waals surface area contributed by atoms with Crippen molar-refractivity contribution < 1.29 is 13.2 Å². The zero-order chi connectivity index (χ0) is 23.6. The van der Waals surface area contributed by atoms with Gasteiger partial charge in [-0.05, 0) is 75.3 Å². The van der Waals surface area contributed by atoms with Crippen molar-refractivity contribution in [1.29, 1.82) is 0 Å². The summed E-state index contributed by atoms with van der Waals surface area (Å²) >= 11 is 7.84. The van der Waals surface area contributed by atoms with Crippen molar-refractivity contribution in [3.05, 3.63) is 57.8 Å². The Morgan fingerprint density at radius 2 is 1.91 bits per heavy atom. The van der Waals surface area contributed by atoms with Crippen molar-refractivity contribution >= 4 is 48.9 Å². The number of carbonyl (C=O) groups is 1. The molecule has 5 rings (SSSR count). The molecule has 0 radical (unpaired) electrons. The molecule has 1 aromatic carbocycles. The fourth-order valence-electron chi connectivity index (χ4n) is 5.03. The Hall–Kier alpha value is -2.03. The Kier molecular flexibility index (Phi) is 5.34. The molecule has 174 valence electrons. The molecule has 2 aliphatic rings. The van der Waals surface area contributed by atoms with Crippen molar-refractivity contribution in [3.8, 4) is 0 Å². The number of nitrogens with one attached hydrogen (secondary N) is 1. The third-order valence-corrected chi connectivity index (χ3v) is 10.8. The van der Waals surface area contributed by atoms with Crippen LogP contribution >= 0.6 is 22.9 Å². The van der Waals surface area contributed by atoms with E-state index in [9.17, 15) is 13.2 Å². The van der Waals surface area contributed by atoms with E-state index in [2.05, 4.69) is 10.3 Å². The van der Waals surface area contributed by atoms with Crippen molar-refractivity contribution in [2.24, 2.45) is 5.41 Å². The molecule has 1 N–H and O–H groups in total. The summed E-state index contributed by atoms with van der Waals surface area (Å²) in [6, 6.07) is 9.22. The third kappa shape index (κ3) is 4.06. The van der Waals surface area contributed by atoms with E-state index < -0.39 is 14.6 Å². The van der Waals surface area contributed by atoms with Crippen LogP contribution in [-0.2, 0) is 14.6 Å². The Morgan fingerprint density at radius 3 is 2.61 bits per heavy atom. The highest BCUT2D eigenvalue weighted by atomic mass is 35.5. The standard InChI is InChI=1S/C24H26ClN3O3S2/c1-23(2,33(3,30)31)20-8-14(6-7-26-20)21(29)27-17-12-24(13-17)10-15(11-24)22-28-18-9-16(25)4-5-19(18)32-22/h4-9,15,17H,10-13H2,1-3H3,(H,27,29). The van der Waals surface area contributed by atoms with Crippen LogP contribution in [0.5, 0.6) is 0 Å². The first kappa shape index (κ1) is 22.7. The van der Waals surface area contributed by atoms with Gasteiger partial charge in [-0.15, -0.1) is 11.3 Å². The Balaban J connectivity index is 1.18. The highest BCUT2D eigenvalue weighted by molar-refractivity contribution is 7.91. The van der Waals surface area contributed by atoms with Gasteiger partial charge >= 0.3 is 0 Å². The number of hydrogen-bond acceptors (Lipinski definition) is 6. The highest BCUT2D eigenvalue weighted by Gasteiger charge is 2.54. The van der Waals surface area contributed by atoms with Gasteiger partial charge in [0, 0.05) is 35.0 Å². The number of aromatic nitrogens is 2. The normalized spacial score (nSPS) is 25.0. The zero-order valence-electron chi connectivity index (χ0n) is 18.8. The van der Waals surface area contributed by atoms with Crippen LogP contribution < -0.4 is 5.32 Å². The predicted octanol–water partition coefficient (Wildman–Crippen LogP) is 5.08. The molecule has 9 heteroatoms. The molecule has 33 heavy (non-hydrogen) atoms. The molecule has 2 aromatic heterocycles. The number of amides is 1. The number of pyridine rings is 1. The van der Waals surface area contributed by atoms with Crippen LogP contribution in [0.3, 0.4) is 0 Å². The topological polar surface area (TPSA) is 89.0 Å². The number of halogens is 1. The van der Waals surface area contributed by atoms with Gasteiger partial charge in [-0.2, -0.15) is 0 Å². The van der Waals surface area contributed by atoms with Crippen LogP contribution in [0.4, 0.5) is 0 Å². The first-order valence-electron chi connectivity index (χ1n) is 11.0. The van der Waals surface area contributed by atoms with Crippen molar-refractivity contribution in [1.82, 2.24) is 15.3 Å². The Labute approximate surface area is 202 Å². The lowest BCUT2D eigenvalue weighted by molar-refractivity contribution is -0.0187. The van der Waals surface area contributed by atoms with Gasteiger partial charge in [-0.25, -0.2) is 13.4 Å². The first-order chi connectivity index (χ1) is 15.5. The van der Waals surface area contributed by atoms with Crippen molar-refractivity contribution in [3.63, 3.8) is 0 Å². The maximum atomic E-state index is 12.8. The summed E-state index contributed by atoms with van der Waals surface area (Å²) in [5.41, 5.74) is 2.09. The average Bonchev–Trinajstić information content (AvgIpc) is 3.10. The van der Waals surface area contributed by atoms with Gasteiger partial charge in [0.2, 0.25) is 0 Å². The molecule has 0 unspecified atom stereocenters. The lowest BCUT2D eigenvalue weighted by Crippen LogP contribution is -2.55. The summed E-state index contributed by atoms with van der Waals surface area (Å²) in [5, 5.41) is 5.01. The van der Waals surface area contributed by atoms with Crippen LogP contribution in [0.15, 0.2) is 36.5 Å². The maximum Gasteiger partial charge on any atom is 0.251 e. The van der Waals surface area contributed by atoms with Crippen LogP contribution in [0, 0.1) is 5.41 Å². The van der Waals surface area contributed by atoms with Crippen molar-refractivity contribution in [2.45, 2.75) is 56.2 Å². The second-order valence-electron chi connectivity index (χ2n) is 10.1.